The summed E-state index contributed by atoms with van der Waals surface area (Å²) in [5, 5.41) is 13.3. The lowest BCUT2D eigenvalue weighted by molar-refractivity contribution is 0.302. The molecule has 0 saturated heterocycles. The number of hydrazone groups is 1. The number of allylic oxidation sites excluding steroid dienone is 4. The molecular formula is C22H32N2O2. The van der Waals surface area contributed by atoms with Crippen LogP contribution in [0.2, 0.25) is 0 Å². The van der Waals surface area contributed by atoms with Crippen LogP contribution in [0.5, 0.6) is 5.75 Å². The molecule has 0 aromatic heterocycles. The van der Waals surface area contributed by atoms with Gasteiger partial charge in [-0.25, -0.2) is 0 Å². The normalized spacial score (nSPS) is 13.9. The molecule has 0 atom stereocenters. The molecule has 0 radical (unpaired) electrons. The molecule has 0 saturated carbocycles. The molecule has 4 nitrogen and oxygen atoms in total. The fourth-order valence-corrected chi connectivity index (χ4v) is 2.58. The molecule has 4 heteroatoms. The zero-order valence-electron chi connectivity index (χ0n) is 16.5. The Kier molecular flexibility index (Phi) is 10.8. The Labute approximate surface area is 158 Å². The fourth-order valence-electron chi connectivity index (χ4n) is 2.58. The van der Waals surface area contributed by atoms with Crippen molar-refractivity contribution in [3.05, 3.63) is 59.3 Å². The van der Waals surface area contributed by atoms with Gasteiger partial charge < -0.3 is 9.84 Å². The minimum absolute atomic E-state index is 0.132. The molecular weight excluding hydrogens is 324 g/mol. The number of rotatable bonds is 8. The summed E-state index contributed by atoms with van der Waals surface area (Å²) in [6.07, 6.45) is 13.7. The van der Waals surface area contributed by atoms with Gasteiger partial charge in [0.05, 0.1) is 19.0 Å². The van der Waals surface area contributed by atoms with Crippen LogP contribution in [-0.2, 0) is 6.42 Å². The second-order valence-electron chi connectivity index (χ2n) is 5.57. The van der Waals surface area contributed by atoms with E-state index in [9.17, 15) is 0 Å². The highest BCUT2D eigenvalue weighted by Crippen LogP contribution is 2.28. The number of aryl methyl sites for hydroxylation is 1. The van der Waals surface area contributed by atoms with E-state index >= 15 is 0 Å². The van der Waals surface area contributed by atoms with E-state index in [1.54, 1.807) is 7.11 Å². The summed E-state index contributed by atoms with van der Waals surface area (Å²) < 4.78 is 5.33. The van der Waals surface area contributed by atoms with Crippen LogP contribution in [0.15, 0.2) is 53.3 Å². The van der Waals surface area contributed by atoms with Crippen molar-refractivity contribution >= 4 is 11.8 Å². The van der Waals surface area contributed by atoms with Crippen LogP contribution in [0, 0.1) is 0 Å². The van der Waals surface area contributed by atoms with Gasteiger partial charge in [-0.15, -0.1) is 0 Å². The van der Waals surface area contributed by atoms with E-state index in [4.69, 9.17) is 9.84 Å². The van der Waals surface area contributed by atoms with Crippen molar-refractivity contribution in [2.45, 2.75) is 46.5 Å². The van der Waals surface area contributed by atoms with Crippen molar-refractivity contribution in [1.29, 1.82) is 0 Å². The predicted octanol–water partition coefficient (Wildman–Crippen LogP) is 4.86. The number of ether oxygens (including phenoxy) is 1. The number of fused-ring (bicyclic) bond motifs is 1. The van der Waals surface area contributed by atoms with Gasteiger partial charge in [-0.3, -0.25) is 5.43 Å². The Morgan fingerprint density at radius 1 is 1.35 bits per heavy atom. The molecule has 1 aliphatic rings. The third-order valence-electron chi connectivity index (χ3n) is 3.83. The molecule has 0 unspecified atom stereocenters. The maximum Gasteiger partial charge on any atom is 0.119 e. The maximum atomic E-state index is 8.97. The molecule has 1 aliphatic carbocycles. The number of hydrogen-bond donors (Lipinski definition) is 2. The highest BCUT2D eigenvalue weighted by Gasteiger charge is 2.12. The Balaban J connectivity index is 0.00000163. The first-order chi connectivity index (χ1) is 12.8. The molecule has 0 heterocycles. The molecule has 0 spiro atoms. The van der Waals surface area contributed by atoms with Crippen molar-refractivity contribution in [2.24, 2.45) is 5.10 Å². The van der Waals surface area contributed by atoms with E-state index in [1.807, 2.05) is 38.3 Å². The molecule has 0 bridgehead atoms. The topological polar surface area (TPSA) is 53.8 Å². The second kappa shape index (κ2) is 13.0. The van der Waals surface area contributed by atoms with Crippen molar-refractivity contribution in [1.82, 2.24) is 5.43 Å². The van der Waals surface area contributed by atoms with Crippen LogP contribution >= 0.6 is 0 Å². The monoisotopic (exact) mass is 356 g/mol. The van der Waals surface area contributed by atoms with Gasteiger partial charge in [-0.05, 0) is 60.6 Å². The predicted molar refractivity (Wildman–Crippen MR) is 111 cm³/mol. The summed E-state index contributed by atoms with van der Waals surface area (Å²) in [6, 6.07) is 6.19. The van der Waals surface area contributed by atoms with E-state index in [-0.39, 0.29) is 6.61 Å². The summed E-state index contributed by atoms with van der Waals surface area (Å²) in [5.74, 6) is 0.859. The standard InChI is InChI=1S/C20H26N2O2.C2H6/c1-3-4-9-18(10-6-13-23)22-21-15-17-8-5-7-16-11-12-19(24-2)14-20(16)17;1-2/h4,8-12,14-15,22-23H,3,5-7,13H2,1-2H3;1-2H3/b9-4-,18-10+,21-15-;. The number of aliphatic hydroxyl groups excluding tert-OH is 1. The van der Waals surface area contributed by atoms with Crippen molar-refractivity contribution in [2.75, 3.05) is 13.7 Å². The molecule has 1 aromatic rings. The third kappa shape index (κ3) is 6.89. The molecule has 2 N–H and O–H groups in total. The first-order valence-electron chi connectivity index (χ1n) is 9.42. The third-order valence-corrected chi connectivity index (χ3v) is 3.83. The van der Waals surface area contributed by atoms with Crippen LogP contribution in [0.1, 0.15) is 51.2 Å². The van der Waals surface area contributed by atoms with E-state index in [0.29, 0.717) is 6.42 Å². The van der Waals surface area contributed by atoms with Crippen LogP contribution in [0.3, 0.4) is 0 Å². The second-order valence-corrected chi connectivity index (χ2v) is 5.57. The summed E-state index contributed by atoms with van der Waals surface area (Å²) in [7, 11) is 1.68. The fraction of sp³-hybridized carbons (Fsp3) is 0.409. The number of hydrogen-bond acceptors (Lipinski definition) is 4. The van der Waals surface area contributed by atoms with Gasteiger partial charge in [0.15, 0.2) is 0 Å². The molecule has 1 aromatic carbocycles. The van der Waals surface area contributed by atoms with Gasteiger partial charge >= 0.3 is 0 Å². The van der Waals surface area contributed by atoms with Crippen LogP contribution in [-0.4, -0.2) is 25.0 Å². The SMILES string of the molecule is CC.CC/C=C\C(=C/CCO)N/N=C\C1=CCCc2ccc(OC)cc21. The smallest absolute Gasteiger partial charge is 0.119 e. The molecule has 0 aliphatic heterocycles. The van der Waals surface area contributed by atoms with Crippen molar-refractivity contribution in [3.63, 3.8) is 0 Å². The van der Waals surface area contributed by atoms with E-state index in [2.05, 4.69) is 41.7 Å². The van der Waals surface area contributed by atoms with Crippen molar-refractivity contribution in [3.8, 4) is 5.75 Å². The minimum Gasteiger partial charge on any atom is -0.497 e. The Hall–Kier alpha value is -2.33. The maximum absolute atomic E-state index is 8.97. The van der Waals surface area contributed by atoms with Crippen LogP contribution in [0.4, 0.5) is 0 Å². The molecule has 2 rings (SSSR count). The number of aliphatic hydroxyl groups is 1. The van der Waals surface area contributed by atoms with E-state index in [0.717, 1.165) is 36.3 Å². The Bertz CT molecular complexity index is 658. The molecule has 0 fully saturated rings. The largest absolute Gasteiger partial charge is 0.497 e. The van der Waals surface area contributed by atoms with Crippen molar-refractivity contribution < 1.29 is 9.84 Å². The Morgan fingerprint density at radius 3 is 2.85 bits per heavy atom. The van der Waals surface area contributed by atoms with Gasteiger partial charge in [-0.1, -0.05) is 45.1 Å². The average Bonchev–Trinajstić information content (AvgIpc) is 2.70. The number of methoxy groups -OCH3 is 1. The minimum atomic E-state index is 0.132. The van der Waals surface area contributed by atoms with Gasteiger partial charge in [0, 0.05) is 6.61 Å². The molecule has 26 heavy (non-hydrogen) atoms. The summed E-state index contributed by atoms with van der Waals surface area (Å²) in [5.41, 5.74) is 7.55. The zero-order valence-corrected chi connectivity index (χ0v) is 16.5. The highest BCUT2D eigenvalue weighted by molar-refractivity contribution is 6.10. The first-order valence-corrected chi connectivity index (χ1v) is 9.42. The van der Waals surface area contributed by atoms with Gasteiger partial charge in [-0.2, -0.15) is 5.10 Å². The van der Waals surface area contributed by atoms with E-state index < -0.39 is 0 Å². The van der Waals surface area contributed by atoms with Gasteiger partial charge in [0.25, 0.3) is 0 Å². The lowest BCUT2D eigenvalue weighted by atomic mass is 9.91. The average molecular weight is 357 g/mol. The summed E-state index contributed by atoms with van der Waals surface area (Å²) in [6.45, 7) is 6.22. The number of nitrogens with zero attached hydrogens (tertiary/aromatic N) is 1. The summed E-state index contributed by atoms with van der Waals surface area (Å²) in [4.78, 5) is 0. The highest BCUT2D eigenvalue weighted by atomic mass is 16.5. The van der Waals surface area contributed by atoms with Crippen LogP contribution < -0.4 is 10.2 Å². The lowest BCUT2D eigenvalue weighted by Crippen LogP contribution is -2.06. The number of nitrogens with one attached hydrogen (secondary N) is 1. The van der Waals surface area contributed by atoms with E-state index in [1.165, 1.54) is 11.1 Å². The summed E-state index contributed by atoms with van der Waals surface area (Å²) >= 11 is 0. The lowest BCUT2D eigenvalue weighted by Gasteiger charge is -2.16. The zero-order chi connectivity index (χ0) is 19.2. The molecule has 0 amide bonds. The van der Waals surface area contributed by atoms with Gasteiger partial charge in [0.2, 0.25) is 0 Å². The van der Waals surface area contributed by atoms with Crippen LogP contribution in [0.25, 0.3) is 5.57 Å². The Morgan fingerprint density at radius 2 is 2.15 bits per heavy atom. The first kappa shape index (κ1) is 21.7. The molecule has 142 valence electrons. The quantitative estimate of drug-likeness (QED) is 0.397. The van der Waals surface area contributed by atoms with Gasteiger partial charge in [0.1, 0.15) is 5.75 Å². The number of benzene rings is 1.